The van der Waals surface area contributed by atoms with E-state index in [4.69, 9.17) is 13.7 Å². The van der Waals surface area contributed by atoms with E-state index in [2.05, 4.69) is 10.1 Å². The molecule has 0 saturated heterocycles. The third kappa shape index (κ3) is 4.90. The van der Waals surface area contributed by atoms with Gasteiger partial charge in [0.05, 0.1) is 11.8 Å². The molecule has 2 aromatic heterocycles. The van der Waals surface area contributed by atoms with Gasteiger partial charge < -0.3 is 18.6 Å². The van der Waals surface area contributed by atoms with Crippen LogP contribution in [-0.2, 0) is 19.2 Å². The summed E-state index contributed by atoms with van der Waals surface area (Å²) in [6.07, 6.45) is -2.71. The van der Waals surface area contributed by atoms with Crippen LogP contribution in [0.3, 0.4) is 0 Å². The molecule has 10 heteroatoms. The summed E-state index contributed by atoms with van der Waals surface area (Å²) in [5.74, 6) is 0.458. The zero-order chi connectivity index (χ0) is 20.1. The quantitative estimate of drug-likeness (QED) is 0.608. The predicted octanol–water partition coefficient (Wildman–Crippen LogP) is 3.58. The highest BCUT2D eigenvalue weighted by molar-refractivity contribution is 5.91. The number of carbonyl (C=O) groups excluding carboxylic acids is 1. The smallest absolute Gasteiger partial charge is 0.416 e. The van der Waals surface area contributed by atoms with Gasteiger partial charge in [0.2, 0.25) is 0 Å². The number of furan rings is 1. The fourth-order valence-corrected chi connectivity index (χ4v) is 2.32. The molecule has 0 aliphatic rings. The Bertz CT molecular complexity index is 922. The van der Waals surface area contributed by atoms with Crippen LogP contribution in [0.2, 0.25) is 0 Å². The summed E-state index contributed by atoms with van der Waals surface area (Å²) in [4.78, 5) is 17.6. The topological polar surface area (TPSA) is 81.6 Å². The maximum Gasteiger partial charge on any atom is 0.416 e. The monoisotopic (exact) mass is 395 g/mol. The summed E-state index contributed by atoms with van der Waals surface area (Å²) in [6, 6.07) is 7.70. The Morgan fingerprint density at radius 3 is 2.79 bits per heavy atom. The van der Waals surface area contributed by atoms with E-state index in [1.54, 1.807) is 19.2 Å². The van der Waals surface area contributed by atoms with E-state index >= 15 is 0 Å². The molecule has 0 unspecified atom stereocenters. The molecule has 0 aliphatic carbocycles. The van der Waals surface area contributed by atoms with Crippen molar-refractivity contribution in [1.82, 2.24) is 15.0 Å². The number of carbonyl (C=O) groups is 1. The maximum absolute atomic E-state index is 12.7. The number of alkyl halides is 3. The molecule has 7 nitrogen and oxygen atoms in total. The van der Waals surface area contributed by atoms with Crippen LogP contribution in [0.15, 0.2) is 51.6 Å². The first-order valence-electron chi connectivity index (χ1n) is 8.23. The fraction of sp³-hybridized carbons (Fsp3) is 0.278. The number of hydrogen-bond donors (Lipinski definition) is 0. The van der Waals surface area contributed by atoms with E-state index in [1.165, 1.54) is 23.3 Å². The minimum absolute atomic E-state index is 0.0401. The number of benzene rings is 1. The minimum atomic E-state index is -4.45. The summed E-state index contributed by atoms with van der Waals surface area (Å²) in [6.45, 7) is 0.155. The molecular formula is C18H16F3N3O4. The first-order valence-corrected chi connectivity index (χ1v) is 8.23. The number of rotatable bonds is 7. The summed E-state index contributed by atoms with van der Waals surface area (Å²) >= 11 is 0. The van der Waals surface area contributed by atoms with Crippen molar-refractivity contribution in [3.63, 3.8) is 0 Å². The van der Waals surface area contributed by atoms with Crippen molar-refractivity contribution >= 4 is 5.91 Å². The normalized spacial score (nSPS) is 11.4. The van der Waals surface area contributed by atoms with E-state index in [1.807, 2.05) is 0 Å². The van der Waals surface area contributed by atoms with Gasteiger partial charge in [-0.3, -0.25) is 4.79 Å². The molecule has 0 fully saturated rings. The van der Waals surface area contributed by atoms with Gasteiger partial charge in [0.1, 0.15) is 5.75 Å². The van der Waals surface area contributed by atoms with Crippen LogP contribution in [0.25, 0.3) is 0 Å². The SMILES string of the molecule is CN(CCc1noc(COc2cccc(C(F)(F)F)c2)n1)C(=O)c1ccco1. The number of aromatic nitrogens is 2. The Morgan fingerprint density at radius 2 is 2.07 bits per heavy atom. The highest BCUT2D eigenvalue weighted by Crippen LogP contribution is 2.31. The third-order valence-electron chi connectivity index (χ3n) is 3.78. The van der Waals surface area contributed by atoms with Crippen molar-refractivity contribution in [1.29, 1.82) is 0 Å². The van der Waals surface area contributed by atoms with Crippen LogP contribution >= 0.6 is 0 Å². The highest BCUT2D eigenvalue weighted by Gasteiger charge is 2.30. The van der Waals surface area contributed by atoms with Gasteiger partial charge in [-0.15, -0.1) is 0 Å². The zero-order valence-corrected chi connectivity index (χ0v) is 14.8. The van der Waals surface area contributed by atoms with Crippen LogP contribution in [0.1, 0.15) is 27.8 Å². The van der Waals surface area contributed by atoms with Crippen molar-refractivity contribution in [2.75, 3.05) is 13.6 Å². The molecule has 1 aromatic carbocycles. The molecule has 28 heavy (non-hydrogen) atoms. The van der Waals surface area contributed by atoms with Crippen molar-refractivity contribution in [3.05, 3.63) is 65.7 Å². The molecular weight excluding hydrogens is 379 g/mol. The highest BCUT2D eigenvalue weighted by atomic mass is 19.4. The molecule has 1 amide bonds. The van der Waals surface area contributed by atoms with Crippen molar-refractivity contribution in [3.8, 4) is 5.75 Å². The third-order valence-corrected chi connectivity index (χ3v) is 3.78. The van der Waals surface area contributed by atoms with E-state index in [-0.39, 0.29) is 29.9 Å². The van der Waals surface area contributed by atoms with Gasteiger partial charge in [-0.1, -0.05) is 11.2 Å². The van der Waals surface area contributed by atoms with Crippen LogP contribution < -0.4 is 4.74 Å². The van der Waals surface area contributed by atoms with E-state index in [9.17, 15) is 18.0 Å². The van der Waals surface area contributed by atoms with Crippen LogP contribution in [0.5, 0.6) is 5.75 Å². The van der Waals surface area contributed by atoms with Crippen LogP contribution in [-0.4, -0.2) is 34.5 Å². The molecule has 0 radical (unpaired) electrons. The van der Waals surface area contributed by atoms with Gasteiger partial charge in [0.15, 0.2) is 18.2 Å². The molecule has 3 rings (SSSR count). The van der Waals surface area contributed by atoms with Crippen LogP contribution in [0.4, 0.5) is 13.2 Å². The molecule has 3 aromatic rings. The average Bonchev–Trinajstić information content (AvgIpc) is 3.35. The number of hydrogen-bond acceptors (Lipinski definition) is 6. The van der Waals surface area contributed by atoms with E-state index < -0.39 is 11.7 Å². The molecule has 0 spiro atoms. The number of likely N-dealkylation sites (N-methyl/N-ethyl adjacent to an activating group) is 1. The first kappa shape index (κ1) is 19.5. The Morgan fingerprint density at radius 1 is 1.25 bits per heavy atom. The summed E-state index contributed by atoms with van der Waals surface area (Å²) in [5.41, 5.74) is -0.805. The lowest BCUT2D eigenvalue weighted by atomic mass is 10.2. The van der Waals surface area contributed by atoms with E-state index in [0.29, 0.717) is 18.8 Å². The Balaban J connectivity index is 1.51. The molecule has 0 N–H and O–H groups in total. The predicted molar refractivity (Wildman–Crippen MR) is 89.4 cm³/mol. The van der Waals surface area contributed by atoms with Crippen molar-refractivity contribution < 1.29 is 31.6 Å². The molecule has 148 valence electrons. The van der Waals surface area contributed by atoms with Gasteiger partial charge in [-0.25, -0.2) is 0 Å². The maximum atomic E-state index is 12.7. The largest absolute Gasteiger partial charge is 0.484 e. The van der Waals surface area contributed by atoms with Crippen molar-refractivity contribution in [2.24, 2.45) is 0 Å². The molecule has 0 atom stereocenters. The van der Waals surface area contributed by atoms with Gasteiger partial charge in [-0.2, -0.15) is 18.2 Å². The average molecular weight is 395 g/mol. The first-order chi connectivity index (χ1) is 13.3. The minimum Gasteiger partial charge on any atom is -0.484 e. The van der Waals surface area contributed by atoms with Gasteiger partial charge in [0, 0.05) is 20.0 Å². The second-order valence-electron chi connectivity index (χ2n) is 5.87. The standard InChI is InChI=1S/C18H16F3N3O4/c1-24(17(25)14-6-3-9-26-14)8-7-15-22-16(28-23-15)11-27-13-5-2-4-12(10-13)18(19,20)21/h2-6,9-10H,7-8,11H2,1H3. The van der Waals surface area contributed by atoms with Gasteiger partial charge in [-0.05, 0) is 30.3 Å². The lowest BCUT2D eigenvalue weighted by Gasteiger charge is -2.14. The lowest BCUT2D eigenvalue weighted by Crippen LogP contribution is -2.28. The van der Waals surface area contributed by atoms with Gasteiger partial charge >= 0.3 is 6.18 Å². The Hall–Kier alpha value is -3.30. The molecule has 0 aliphatic heterocycles. The van der Waals surface area contributed by atoms with Gasteiger partial charge in [0.25, 0.3) is 11.8 Å². The summed E-state index contributed by atoms with van der Waals surface area (Å²) in [5, 5.41) is 3.77. The molecule has 0 bridgehead atoms. The second-order valence-corrected chi connectivity index (χ2v) is 5.87. The number of halogens is 3. The molecule has 2 heterocycles. The zero-order valence-electron chi connectivity index (χ0n) is 14.8. The number of ether oxygens (including phenoxy) is 1. The Kier molecular flexibility index (Phi) is 5.67. The second kappa shape index (κ2) is 8.15. The van der Waals surface area contributed by atoms with Crippen LogP contribution in [0, 0.1) is 0 Å². The lowest BCUT2D eigenvalue weighted by molar-refractivity contribution is -0.137. The Labute approximate surface area is 157 Å². The summed E-state index contributed by atoms with van der Waals surface area (Å²) in [7, 11) is 1.61. The number of amides is 1. The summed E-state index contributed by atoms with van der Waals surface area (Å²) < 4.78 is 53.4. The van der Waals surface area contributed by atoms with Crippen molar-refractivity contribution in [2.45, 2.75) is 19.2 Å². The van der Waals surface area contributed by atoms with E-state index in [0.717, 1.165) is 12.1 Å². The fourth-order valence-electron chi connectivity index (χ4n) is 2.32. The number of nitrogens with zero attached hydrogens (tertiary/aromatic N) is 3. The molecule has 0 saturated carbocycles.